The van der Waals surface area contributed by atoms with Crippen LogP contribution in [0.4, 0.5) is 26.3 Å². The number of alkyl halides is 6. The van der Waals surface area contributed by atoms with Crippen molar-refractivity contribution in [1.82, 2.24) is 9.80 Å². The first-order valence-electron chi connectivity index (χ1n) is 12.0. The minimum Gasteiger partial charge on any atom is -0.475 e. The molecule has 3 saturated heterocycles. The molecule has 1 aromatic rings. The fourth-order valence-corrected chi connectivity index (χ4v) is 5.33. The van der Waals surface area contributed by atoms with Crippen molar-refractivity contribution in [3.05, 3.63) is 21.9 Å². The van der Waals surface area contributed by atoms with Gasteiger partial charge in [0.2, 0.25) is 0 Å². The molecule has 0 saturated carbocycles. The molecule has 38 heavy (non-hydrogen) atoms. The maximum Gasteiger partial charge on any atom is 0.490 e. The van der Waals surface area contributed by atoms with Crippen LogP contribution in [0.5, 0.6) is 0 Å². The van der Waals surface area contributed by atoms with Crippen molar-refractivity contribution >= 4 is 23.3 Å². The smallest absolute Gasteiger partial charge is 0.475 e. The molecule has 4 rings (SSSR count). The van der Waals surface area contributed by atoms with Crippen molar-refractivity contribution in [2.24, 2.45) is 0 Å². The number of rotatable bonds is 6. The largest absolute Gasteiger partial charge is 0.490 e. The molecule has 8 nitrogen and oxygen atoms in total. The molecule has 4 heterocycles. The van der Waals surface area contributed by atoms with Gasteiger partial charge in [0.1, 0.15) is 0 Å². The summed E-state index contributed by atoms with van der Waals surface area (Å²) in [6.07, 6.45) is -4.92. The maximum absolute atomic E-state index is 10.6. The lowest BCUT2D eigenvalue weighted by Gasteiger charge is -2.23. The van der Waals surface area contributed by atoms with Crippen LogP contribution in [-0.2, 0) is 25.6 Å². The number of halogens is 6. The van der Waals surface area contributed by atoms with E-state index in [1.165, 1.54) is 35.7 Å². The molecular weight excluding hydrogens is 546 g/mol. The Morgan fingerprint density at radius 3 is 2.13 bits per heavy atom. The molecule has 15 heteroatoms. The minimum atomic E-state index is -5.08. The van der Waals surface area contributed by atoms with Gasteiger partial charge in [-0.2, -0.15) is 26.3 Å². The SMILES string of the molecule is Cc1ccc(CN2CC[C@]3(C[C@H](OCCN4CCCC4)CO3)C2)s1.O=C(O)C(F)(F)F.O=C(O)C(F)(F)F. The van der Waals surface area contributed by atoms with Crippen LogP contribution in [0.15, 0.2) is 12.1 Å². The Balaban J connectivity index is 0.000000301. The summed E-state index contributed by atoms with van der Waals surface area (Å²) in [6, 6.07) is 4.49. The highest BCUT2D eigenvalue weighted by Gasteiger charge is 2.46. The number of carboxylic acids is 2. The first kappa shape index (κ1) is 32.3. The first-order chi connectivity index (χ1) is 17.6. The van der Waals surface area contributed by atoms with E-state index in [0.717, 1.165) is 52.2 Å². The Hall–Kier alpha value is -1.94. The molecule has 1 aromatic heterocycles. The Morgan fingerprint density at radius 1 is 1.05 bits per heavy atom. The fraction of sp³-hybridized carbons (Fsp3) is 0.739. The predicted octanol–water partition coefficient (Wildman–Crippen LogP) is 4.17. The number of aryl methyl sites for hydroxylation is 1. The monoisotopic (exact) mass is 578 g/mol. The van der Waals surface area contributed by atoms with Crippen LogP contribution in [-0.4, -0.2) is 102 Å². The zero-order valence-electron chi connectivity index (χ0n) is 20.8. The van der Waals surface area contributed by atoms with Crippen LogP contribution in [0.2, 0.25) is 0 Å². The van der Waals surface area contributed by atoms with Gasteiger partial charge in [0.25, 0.3) is 0 Å². The molecule has 3 aliphatic heterocycles. The number of aliphatic carboxylic acids is 2. The van der Waals surface area contributed by atoms with Crippen molar-refractivity contribution < 1.29 is 55.6 Å². The van der Waals surface area contributed by atoms with E-state index in [-0.39, 0.29) is 5.60 Å². The van der Waals surface area contributed by atoms with E-state index in [9.17, 15) is 26.3 Å². The second-order valence-corrected chi connectivity index (χ2v) is 10.7. The lowest BCUT2D eigenvalue weighted by molar-refractivity contribution is -0.193. The van der Waals surface area contributed by atoms with E-state index >= 15 is 0 Å². The fourth-order valence-electron chi connectivity index (χ4n) is 4.40. The number of carboxylic acid groups (broad SMARTS) is 2. The van der Waals surface area contributed by atoms with E-state index in [0.29, 0.717) is 6.10 Å². The second kappa shape index (κ2) is 13.9. The van der Waals surface area contributed by atoms with E-state index in [2.05, 4.69) is 28.9 Å². The van der Waals surface area contributed by atoms with Gasteiger partial charge in [0.05, 0.1) is 24.9 Å². The molecule has 0 aliphatic carbocycles. The van der Waals surface area contributed by atoms with Crippen LogP contribution in [0.25, 0.3) is 0 Å². The number of thiophene rings is 1. The number of hydrogen-bond donors (Lipinski definition) is 2. The van der Waals surface area contributed by atoms with Crippen molar-refractivity contribution in [3.63, 3.8) is 0 Å². The standard InChI is InChI=1S/C19H30N2O2S.2C2HF3O2/c1-16-4-5-18(24-16)13-21-9-6-19(15-21)12-17(14-23-19)22-11-10-20-7-2-3-8-20;2*3-2(4,5)1(6)7/h4-5,17H,2-3,6-15H2,1H3;2*(H,6,7)/t17-,19-;;/m0../s1. The number of ether oxygens (including phenoxy) is 2. The average Bonchev–Trinajstić information content (AvgIpc) is 3.59. The summed E-state index contributed by atoms with van der Waals surface area (Å²) in [4.78, 5) is 25.7. The molecular formula is C23H32F6N2O6S. The summed E-state index contributed by atoms with van der Waals surface area (Å²) in [5.74, 6) is -5.51. The number of nitrogens with zero attached hydrogens (tertiary/aromatic N) is 2. The molecule has 2 atom stereocenters. The van der Waals surface area contributed by atoms with Gasteiger partial charge in [-0.3, -0.25) is 4.90 Å². The Bertz CT molecular complexity index is 882. The average molecular weight is 579 g/mol. The molecule has 2 N–H and O–H groups in total. The summed E-state index contributed by atoms with van der Waals surface area (Å²) >= 11 is 1.92. The highest BCUT2D eigenvalue weighted by molar-refractivity contribution is 7.11. The molecule has 0 unspecified atom stereocenters. The van der Waals surface area contributed by atoms with Crippen molar-refractivity contribution in [2.45, 2.75) is 63.2 Å². The molecule has 218 valence electrons. The van der Waals surface area contributed by atoms with Crippen LogP contribution in [0, 0.1) is 6.92 Å². The van der Waals surface area contributed by atoms with Gasteiger partial charge >= 0.3 is 24.3 Å². The summed E-state index contributed by atoms with van der Waals surface area (Å²) in [5, 5.41) is 14.2. The molecule has 0 aromatic carbocycles. The molecule has 0 radical (unpaired) electrons. The molecule has 0 amide bonds. The number of hydrogen-bond acceptors (Lipinski definition) is 7. The predicted molar refractivity (Wildman–Crippen MR) is 125 cm³/mol. The zero-order chi connectivity index (χ0) is 28.6. The molecule has 3 aliphatic rings. The second-order valence-electron chi connectivity index (χ2n) is 9.32. The van der Waals surface area contributed by atoms with Gasteiger partial charge in [-0.15, -0.1) is 11.3 Å². The molecule has 3 fully saturated rings. The van der Waals surface area contributed by atoms with Crippen molar-refractivity contribution in [3.8, 4) is 0 Å². The van der Waals surface area contributed by atoms with Crippen LogP contribution in [0.1, 0.15) is 35.4 Å². The highest BCUT2D eigenvalue weighted by atomic mass is 32.1. The normalized spacial score (nSPS) is 24.1. The lowest BCUT2D eigenvalue weighted by atomic mass is 9.98. The summed E-state index contributed by atoms with van der Waals surface area (Å²) < 4.78 is 75.8. The van der Waals surface area contributed by atoms with Crippen molar-refractivity contribution in [1.29, 1.82) is 0 Å². The van der Waals surface area contributed by atoms with Gasteiger partial charge in [-0.25, -0.2) is 9.59 Å². The van der Waals surface area contributed by atoms with Crippen LogP contribution < -0.4 is 0 Å². The first-order valence-corrected chi connectivity index (χ1v) is 12.8. The third-order valence-electron chi connectivity index (χ3n) is 6.19. The van der Waals surface area contributed by atoms with Crippen LogP contribution in [0.3, 0.4) is 0 Å². The topological polar surface area (TPSA) is 99.5 Å². The Labute approximate surface area is 220 Å². The Kier molecular flexibility index (Phi) is 11.8. The van der Waals surface area contributed by atoms with Gasteiger partial charge in [0, 0.05) is 42.4 Å². The summed E-state index contributed by atoms with van der Waals surface area (Å²) in [5.41, 5.74) is 0.0601. The maximum atomic E-state index is 10.6. The van der Waals surface area contributed by atoms with E-state index < -0.39 is 24.3 Å². The molecule has 0 bridgehead atoms. The van der Waals surface area contributed by atoms with E-state index in [1.54, 1.807) is 0 Å². The van der Waals surface area contributed by atoms with Gasteiger partial charge < -0.3 is 24.6 Å². The minimum absolute atomic E-state index is 0.0601. The van der Waals surface area contributed by atoms with Gasteiger partial charge in [-0.1, -0.05) is 0 Å². The van der Waals surface area contributed by atoms with E-state index in [1.807, 2.05) is 11.3 Å². The van der Waals surface area contributed by atoms with Crippen LogP contribution >= 0.6 is 11.3 Å². The van der Waals surface area contributed by atoms with Gasteiger partial charge in [0.15, 0.2) is 0 Å². The quantitative estimate of drug-likeness (QED) is 0.486. The summed E-state index contributed by atoms with van der Waals surface area (Å²) in [7, 11) is 0. The van der Waals surface area contributed by atoms with Crippen molar-refractivity contribution in [2.75, 3.05) is 45.9 Å². The van der Waals surface area contributed by atoms with Gasteiger partial charge in [-0.05, 0) is 51.4 Å². The Morgan fingerprint density at radius 2 is 1.63 bits per heavy atom. The molecule has 1 spiro atoms. The third kappa shape index (κ3) is 11.0. The zero-order valence-corrected chi connectivity index (χ0v) is 21.6. The summed E-state index contributed by atoms with van der Waals surface area (Å²) in [6.45, 7) is 10.7. The third-order valence-corrected chi connectivity index (χ3v) is 7.18. The van der Waals surface area contributed by atoms with E-state index in [4.69, 9.17) is 29.3 Å². The highest BCUT2D eigenvalue weighted by Crippen LogP contribution is 2.37. The lowest BCUT2D eigenvalue weighted by Crippen LogP contribution is -2.33. The number of carbonyl (C=O) groups is 2. The number of likely N-dealkylation sites (tertiary alicyclic amines) is 2.